The average Bonchev–Trinajstić information content (AvgIpc) is 3.24. The first-order valence-corrected chi connectivity index (χ1v) is 8.94. The van der Waals surface area contributed by atoms with Gasteiger partial charge in [0.25, 0.3) is 0 Å². The summed E-state index contributed by atoms with van der Waals surface area (Å²) in [5.74, 6) is 1.23. The Morgan fingerprint density at radius 3 is 2.87 bits per heavy atom. The Kier molecular flexibility index (Phi) is 5.27. The predicted octanol–water partition coefficient (Wildman–Crippen LogP) is 2.76. The van der Waals surface area contributed by atoms with E-state index in [4.69, 9.17) is 0 Å². The first-order chi connectivity index (χ1) is 11.2. The molecular weight excluding hydrogens is 310 g/mol. The molecule has 0 aromatic carbocycles. The first kappa shape index (κ1) is 16.0. The van der Waals surface area contributed by atoms with E-state index in [1.54, 1.807) is 18.7 Å². The third-order valence-corrected chi connectivity index (χ3v) is 5.12. The molecule has 1 atom stereocenters. The van der Waals surface area contributed by atoms with Gasteiger partial charge in [0, 0.05) is 23.3 Å². The molecule has 0 bridgehead atoms. The van der Waals surface area contributed by atoms with Gasteiger partial charge in [0.2, 0.25) is 5.91 Å². The second kappa shape index (κ2) is 7.59. The van der Waals surface area contributed by atoms with Crippen LogP contribution < -0.4 is 5.32 Å². The molecule has 1 unspecified atom stereocenters. The van der Waals surface area contributed by atoms with Crippen LogP contribution in [0.2, 0.25) is 0 Å². The fourth-order valence-corrected chi connectivity index (χ4v) is 3.65. The largest absolute Gasteiger partial charge is 0.346 e. The number of carbonyl (C=O) groups excluding carboxylic acids is 1. The highest BCUT2D eigenvalue weighted by Crippen LogP contribution is 2.31. The molecule has 1 amide bonds. The van der Waals surface area contributed by atoms with Crippen LogP contribution in [0.15, 0.2) is 35.7 Å². The molecule has 7 heteroatoms. The minimum atomic E-state index is -0.136. The summed E-state index contributed by atoms with van der Waals surface area (Å²) < 4.78 is 2.13. The Balaban J connectivity index is 1.55. The van der Waals surface area contributed by atoms with E-state index < -0.39 is 0 Å². The molecule has 0 aliphatic heterocycles. The van der Waals surface area contributed by atoms with Crippen molar-refractivity contribution in [3.05, 3.63) is 36.7 Å². The number of aromatic nitrogens is 4. The topological polar surface area (TPSA) is 72.7 Å². The van der Waals surface area contributed by atoms with Crippen LogP contribution >= 0.6 is 11.8 Å². The standard InChI is InChI=1S/C16H21N5OS/c1-12(16-20-18-11-21(16)13-4-2-3-5-13)19-15(22)10-23-14-6-8-17-9-7-14/h6-9,11-13H,2-5,10H2,1H3,(H,19,22). The Hall–Kier alpha value is -1.89. The SMILES string of the molecule is CC(NC(=O)CSc1ccncc1)c1nncn1C1CCCC1. The van der Waals surface area contributed by atoms with Crippen molar-refractivity contribution in [1.82, 2.24) is 25.1 Å². The Morgan fingerprint density at radius 2 is 2.13 bits per heavy atom. The molecule has 3 rings (SSSR count). The number of nitrogens with one attached hydrogen (secondary N) is 1. The fraction of sp³-hybridized carbons (Fsp3) is 0.500. The van der Waals surface area contributed by atoms with Crippen LogP contribution in [0.1, 0.15) is 50.5 Å². The Labute approximate surface area is 140 Å². The molecule has 1 aliphatic carbocycles. The molecule has 2 aromatic rings. The number of hydrogen-bond donors (Lipinski definition) is 1. The van der Waals surface area contributed by atoms with E-state index in [1.165, 1.54) is 37.4 Å². The summed E-state index contributed by atoms with van der Waals surface area (Å²) in [4.78, 5) is 17.2. The summed E-state index contributed by atoms with van der Waals surface area (Å²) in [6, 6.07) is 4.14. The van der Waals surface area contributed by atoms with Crippen LogP contribution in [-0.2, 0) is 4.79 Å². The maximum absolute atomic E-state index is 12.1. The normalized spacial score (nSPS) is 16.4. The number of pyridine rings is 1. The molecule has 122 valence electrons. The number of carbonyl (C=O) groups is 1. The molecule has 1 fully saturated rings. The van der Waals surface area contributed by atoms with Gasteiger partial charge in [-0.15, -0.1) is 22.0 Å². The summed E-state index contributed by atoms with van der Waals surface area (Å²) in [6.07, 6.45) is 10.1. The summed E-state index contributed by atoms with van der Waals surface area (Å²) >= 11 is 1.50. The van der Waals surface area contributed by atoms with Crippen molar-refractivity contribution in [3.63, 3.8) is 0 Å². The van der Waals surface area contributed by atoms with Crippen LogP contribution in [0.4, 0.5) is 0 Å². The van der Waals surface area contributed by atoms with Crippen LogP contribution in [-0.4, -0.2) is 31.4 Å². The lowest BCUT2D eigenvalue weighted by Crippen LogP contribution is -2.30. The highest BCUT2D eigenvalue weighted by Gasteiger charge is 2.23. The third-order valence-electron chi connectivity index (χ3n) is 4.10. The number of thioether (sulfide) groups is 1. The number of amides is 1. The molecule has 6 nitrogen and oxygen atoms in total. The molecular formula is C16H21N5OS. The molecule has 1 saturated carbocycles. The lowest BCUT2D eigenvalue weighted by Gasteiger charge is -2.18. The Bertz CT molecular complexity index is 639. The van der Waals surface area contributed by atoms with Gasteiger partial charge in [0.05, 0.1) is 11.8 Å². The highest BCUT2D eigenvalue weighted by atomic mass is 32.2. The van der Waals surface area contributed by atoms with Crippen LogP contribution in [0.25, 0.3) is 0 Å². The van der Waals surface area contributed by atoms with Gasteiger partial charge in [-0.3, -0.25) is 9.78 Å². The third kappa shape index (κ3) is 4.10. The van der Waals surface area contributed by atoms with Crippen molar-refractivity contribution in [3.8, 4) is 0 Å². The summed E-state index contributed by atoms with van der Waals surface area (Å²) in [7, 11) is 0. The molecule has 0 saturated heterocycles. The van der Waals surface area contributed by atoms with E-state index in [0.717, 1.165) is 10.7 Å². The van der Waals surface area contributed by atoms with Gasteiger partial charge < -0.3 is 9.88 Å². The molecule has 0 spiro atoms. The minimum Gasteiger partial charge on any atom is -0.346 e. The lowest BCUT2D eigenvalue weighted by molar-refractivity contribution is -0.119. The van der Waals surface area contributed by atoms with Crippen LogP contribution in [0, 0.1) is 0 Å². The number of hydrogen-bond acceptors (Lipinski definition) is 5. The van der Waals surface area contributed by atoms with Crippen LogP contribution in [0.5, 0.6) is 0 Å². The van der Waals surface area contributed by atoms with Crippen molar-refractivity contribution in [2.45, 2.75) is 49.6 Å². The first-order valence-electron chi connectivity index (χ1n) is 7.95. The van der Waals surface area contributed by atoms with Crippen molar-refractivity contribution in [2.75, 3.05) is 5.75 Å². The minimum absolute atomic E-state index is 0.000263. The van der Waals surface area contributed by atoms with E-state index in [0.29, 0.717) is 11.8 Å². The van der Waals surface area contributed by atoms with Gasteiger partial charge in [0.15, 0.2) is 5.82 Å². The monoisotopic (exact) mass is 331 g/mol. The van der Waals surface area contributed by atoms with Crippen molar-refractivity contribution < 1.29 is 4.79 Å². The quantitative estimate of drug-likeness (QED) is 0.824. The number of nitrogens with zero attached hydrogens (tertiary/aromatic N) is 4. The zero-order chi connectivity index (χ0) is 16.1. The van der Waals surface area contributed by atoms with Crippen molar-refractivity contribution in [1.29, 1.82) is 0 Å². The zero-order valence-corrected chi connectivity index (χ0v) is 14.0. The van der Waals surface area contributed by atoms with E-state index in [9.17, 15) is 4.79 Å². The second-order valence-electron chi connectivity index (χ2n) is 5.80. The summed E-state index contributed by atoms with van der Waals surface area (Å²) in [6.45, 7) is 1.96. The average molecular weight is 331 g/mol. The van der Waals surface area contributed by atoms with Crippen LogP contribution in [0.3, 0.4) is 0 Å². The molecule has 1 aliphatic rings. The van der Waals surface area contributed by atoms with Crippen molar-refractivity contribution in [2.24, 2.45) is 0 Å². The fourth-order valence-electron chi connectivity index (χ4n) is 2.96. The maximum Gasteiger partial charge on any atom is 0.230 e. The number of rotatable bonds is 6. The van der Waals surface area contributed by atoms with Gasteiger partial charge in [0.1, 0.15) is 6.33 Å². The maximum atomic E-state index is 12.1. The Morgan fingerprint density at radius 1 is 1.39 bits per heavy atom. The molecule has 0 radical (unpaired) electrons. The van der Waals surface area contributed by atoms with E-state index in [2.05, 4.69) is 25.1 Å². The van der Waals surface area contributed by atoms with E-state index in [-0.39, 0.29) is 11.9 Å². The second-order valence-corrected chi connectivity index (χ2v) is 6.84. The highest BCUT2D eigenvalue weighted by molar-refractivity contribution is 8.00. The predicted molar refractivity (Wildman–Crippen MR) is 89.0 cm³/mol. The van der Waals surface area contributed by atoms with Gasteiger partial charge in [-0.25, -0.2) is 0 Å². The van der Waals surface area contributed by atoms with Gasteiger partial charge >= 0.3 is 0 Å². The van der Waals surface area contributed by atoms with E-state index in [1.807, 2.05) is 19.1 Å². The lowest BCUT2D eigenvalue weighted by atomic mass is 10.2. The molecule has 2 heterocycles. The molecule has 23 heavy (non-hydrogen) atoms. The van der Waals surface area contributed by atoms with Gasteiger partial charge in [-0.2, -0.15) is 0 Å². The smallest absolute Gasteiger partial charge is 0.230 e. The van der Waals surface area contributed by atoms with Gasteiger partial charge in [-0.05, 0) is 31.9 Å². The van der Waals surface area contributed by atoms with E-state index >= 15 is 0 Å². The summed E-state index contributed by atoms with van der Waals surface area (Å²) in [5.41, 5.74) is 0. The summed E-state index contributed by atoms with van der Waals surface area (Å²) in [5, 5.41) is 11.3. The molecule has 1 N–H and O–H groups in total. The zero-order valence-electron chi connectivity index (χ0n) is 13.2. The van der Waals surface area contributed by atoms with Gasteiger partial charge in [-0.1, -0.05) is 12.8 Å². The van der Waals surface area contributed by atoms with Crippen molar-refractivity contribution >= 4 is 17.7 Å². The molecule has 2 aromatic heterocycles.